The maximum Gasteiger partial charge on any atom is 0.234 e. The number of piperidine rings is 1. The van der Waals surface area contributed by atoms with Crippen molar-refractivity contribution in [2.75, 3.05) is 29.1 Å². The van der Waals surface area contributed by atoms with Crippen molar-refractivity contribution in [1.29, 1.82) is 0 Å². The molecule has 4 rings (SSSR count). The number of aromatic nitrogens is 3. The van der Waals surface area contributed by atoms with Crippen LogP contribution in [0, 0.1) is 0 Å². The van der Waals surface area contributed by atoms with Crippen molar-refractivity contribution >= 4 is 40.4 Å². The molecule has 1 N–H and O–H groups in total. The van der Waals surface area contributed by atoms with Gasteiger partial charge in [0.25, 0.3) is 0 Å². The largest absolute Gasteiger partial charge is 0.372 e. The quantitative estimate of drug-likeness (QED) is 0.552. The normalized spacial score (nSPS) is 14.2. The molecule has 1 aromatic carbocycles. The van der Waals surface area contributed by atoms with Gasteiger partial charge >= 0.3 is 0 Å². The summed E-state index contributed by atoms with van der Waals surface area (Å²) in [5.74, 6) is 1.12. The minimum atomic E-state index is -0.0379. The van der Waals surface area contributed by atoms with Gasteiger partial charge in [0.15, 0.2) is 11.0 Å². The highest BCUT2D eigenvalue weighted by Gasteiger charge is 2.15. The molecule has 6 nitrogen and oxygen atoms in total. The summed E-state index contributed by atoms with van der Waals surface area (Å²) in [7, 11) is 0. The van der Waals surface area contributed by atoms with E-state index in [2.05, 4.69) is 44.0 Å². The number of thiophene rings is 1. The van der Waals surface area contributed by atoms with Crippen LogP contribution in [0.4, 0.5) is 11.4 Å². The van der Waals surface area contributed by atoms with E-state index >= 15 is 0 Å². The zero-order valence-electron chi connectivity index (χ0n) is 16.5. The van der Waals surface area contributed by atoms with Crippen LogP contribution >= 0.6 is 23.1 Å². The van der Waals surface area contributed by atoms with Gasteiger partial charge in [0.2, 0.25) is 5.91 Å². The first-order valence-electron chi connectivity index (χ1n) is 9.99. The average Bonchev–Trinajstić information content (AvgIpc) is 3.43. The lowest BCUT2D eigenvalue weighted by atomic mass is 10.1. The van der Waals surface area contributed by atoms with Gasteiger partial charge in [-0.3, -0.25) is 4.79 Å². The van der Waals surface area contributed by atoms with Crippen molar-refractivity contribution in [3.63, 3.8) is 0 Å². The van der Waals surface area contributed by atoms with Crippen LogP contribution in [-0.2, 0) is 11.3 Å². The molecular formula is C21H25N5OS2. The number of nitrogens with one attached hydrogen (secondary N) is 1. The van der Waals surface area contributed by atoms with Gasteiger partial charge in [-0.15, -0.1) is 21.5 Å². The lowest BCUT2D eigenvalue weighted by Gasteiger charge is -2.28. The van der Waals surface area contributed by atoms with Crippen LogP contribution in [0.15, 0.2) is 46.9 Å². The Labute approximate surface area is 179 Å². The van der Waals surface area contributed by atoms with Gasteiger partial charge in [0.1, 0.15) is 0 Å². The Morgan fingerprint density at radius 3 is 2.62 bits per heavy atom. The monoisotopic (exact) mass is 427 g/mol. The van der Waals surface area contributed by atoms with E-state index in [9.17, 15) is 4.79 Å². The molecule has 1 aliphatic rings. The molecule has 0 unspecified atom stereocenters. The number of nitrogens with zero attached hydrogens (tertiary/aromatic N) is 4. The number of thioether (sulfide) groups is 1. The topological polar surface area (TPSA) is 63.1 Å². The number of benzene rings is 1. The molecule has 3 heterocycles. The molecule has 1 aliphatic heterocycles. The summed E-state index contributed by atoms with van der Waals surface area (Å²) in [6, 6.07) is 12.2. The second-order valence-corrected chi connectivity index (χ2v) is 8.85. The molecule has 3 aromatic rings. The Kier molecular flexibility index (Phi) is 6.51. The maximum absolute atomic E-state index is 12.4. The number of amides is 1. The summed E-state index contributed by atoms with van der Waals surface area (Å²) >= 11 is 3.06. The van der Waals surface area contributed by atoms with Crippen LogP contribution in [-0.4, -0.2) is 39.5 Å². The molecule has 152 valence electrons. The van der Waals surface area contributed by atoms with Crippen LogP contribution in [0.3, 0.4) is 0 Å². The Hall–Kier alpha value is -2.32. The van der Waals surface area contributed by atoms with E-state index in [1.54, 1.807) is 11.3 Å². The first kappa shape index (κ1) is 20.0. The van der Waals surface area contributed by atoms with Crippen LogP contribution in [0.1, 0.15) is 26.2 Å². The zero-order valence-corrected chi connectivity index (χ0v) is 18.1. The summed E-state index contributed by atoms with van der Waals surface area (Å²) in [5, 5.41) is 14.4. The number of carbonyl (C=O) groups is 1. The molecule has 0 aliphatic carbocycles. The molecule has 0 saturated carbocycles. The summed E-state index contributed by atoms with van der Waals surface area (Å²) < 4.78 is 2.05. The van der Waals surface area contributed by atoms with Crippen molar-refractivity contribution in [2.24, 2.45) is 0 Å². The molecule has 2 aromatic heterocycles. The molecule has 0 spiro atoms. The lowest BCUT2D eigenvalue weighted by molar-refractivity contribution is -0.113. The molecule has 8 heteroatoms. The molecule has 29 heavy (non-hydrogen) atoms. The minimum Gasteiger partial charge on any atom is -0.372 e. The third-order valence-electron chi connectivity index (χ3n) is 4.98. The van der Waals surface area contributed by atoms with Crippen LogP contribution in [0.5, 0.6) is 0 Å². The minimum absolute atomic E-state index is 0.0379. The highest BCUT2D eigenvalue weighted by atomic mass is 32.2. The van der Waals surface area contributed by atoms with Crippen molar-refractivity contribution in [1.82, 2.24) is 14.8 Å². The molecule has 1 amide bonds. The van der Waals surface area contributed by atoms with E-state index in [0.29, 0.717) is 5.75 Å². The number of carbonyl (C=O) groups excluding carboxylic acids is 1. The number of hydrogen-bond acceptors (Lipinski definition) is 6. The highest BCUT2D eigenvalue weighted by Crippen LogP contribution is 2.27. The second-order valence-electron chi connectivity index (χ2n) is 6.96. The van der Waals surface area contributed by atoms with Gasteiger partial charge in [-0.1, -0.05) is 17.8 Å². The summed E-state index contributed by atoms with van der Waals surface area (Å²) in [6.45, 7) is 5.07. The summed E-state index contributed by atoms with van der Waals surface area (Å²) in [5.41, 5.74) is 2.06. The Bertz CT molecular complexity index is 931. The fraction of sp³-hybridized carbons (Fsp3) is 0.381. The highest BCUT2D eigenvalue weighted by molar-refractivity contribution is 7.99. The van der Waals surface area contributed by atoms with Gasteiger partial charge in [-0.2, -0.15) is 0 Å². The molecule has 0 atom stereocenters. The Balaban J connectivity index is 1.33. The zero-order chi connectivity index (χ0) is 20.1. The fourth-order valence-corrected chi connectivity index (χ4v) is 5.02. The number of hydrogen-bond donors (Lipinski definition) is 1. The van der Waals surface area contributed by atoms with Gasteiger partial charge in [0.05, 0.1) is 10.6 Å². The molecule has 0 radical (unpaired) electrons. The van der Waals surface area contributed by atoms with E-state index in [0.717, 1.165) is 41.2 Å². The number of rotatable bonds is 7. The van der Waals surface area contributed by atoms with Crippen LogP contribution < -0.4 is 10.2 Å². The first-order chi connectivity index (χ1) is 14.2. The fourth-order valence-electron chi connectivity index (χ4n) is 3.50. The smallest absolute Gasteiger partial charge is 0.234 e. The Morgan fingerprint density at radius 1 is 1.14 bits per heavy atom. The predicted molar refractivity (Wildman–Crippen MR) is 121 cm³/mol. The van der Waals surface area contributed by atoms with E-state index in [-0.39, 0.29) is 5.91 Å². The lowest BCUT2D eigenvalue weighted by Crippen LogP contribution is -2.29. The van der Waals surface area contributed by atoms with E-state index in [1.165, 1.54) is 36.7 Å². The van der Waals surface area contributed by atoms with Crippen molar-refractivity contribution in [3.05, 3.63) is 41.8 Å². The number of anilines is 2. The summed E-state index contributed by atoms with van der Waals surface area (Å²) in [6.07, 6.45) is 3.83. The van der Waals surface area contributed by atoms with Gasteiger partial charge < -0.3 is 14.8 Å². The van der Waals surface area contributed by atoms with Gasteiger partial charge in [-0.05, 0) is 61.9 Å². The summed E-state index contributed by atoms with van der Waals surface area (Å²) in [4.78, 5) is 15.9. The third-order valence-corrected chi connectivity index (χ3v) is 6.81. The molecule has 0 bridgehead atoms. The molecule has 1 fully saturated rings. The standard InChI is InChI=1S/C21H25N5OS2/c1-2-26-20(18-7-6-14-28-18)23-24-21(26)29-15-19(27)22-16-8-10-17(11-9-16)25-12-4-3-5-13-25/h6-11,14H,2-5,12-13,15H2,1H3,(H,22,27). The second kappa shape index (κ2) is 9.45. The van der Waals surface area contributed by atoms with Crippen molar-refractivity contribution in [3.8, 4) is 10.7 Å². The van der Waals surface area contributed by atoms with E-state index in [4.69, 9.17) is 0 Å². The average molecular weight is 428 g/mol. The van der Waals surface area contributed by atoms with Gasteiger partial charge in [-0.25, -0.2) is 0 Å². The predicted octanol–water partition coefficient (Wildman–Crippen LogP) is 4.75. The first-order valence-corrected chi connectivity index (χ1v) is 11.9. The van der Waals surface area contributed by atoms with E-state index < -0.39 is 0 Å². The SMILES string of the molecule is CCn1c(SCC(=O)Nc2ccc(N3CCCCC3)cc2)nnc1-c1cccs1. The van der Waals surface area contributed by atoms with Crippen LogP contribution in [0.2, 0.25) is 0 Å². The maximum atomic E-state index is 12.4. The van der Waals surface area contributed by atoms with Crippen LogP contribution in [0.25, 0.3) is 10.7 Å². The Morgan fingerprint density at radius 2 is 1.93 bits per heavy atom. The third kappa shape index (κ3) is 4.82. The van der Waals surface area contributed by atoms with Crippen molar-refractivity contribution in [2.45, 2.75) is 37.9 Å². The van der Waals surface area contributed by atoms with Crippen molar-refractivity contribution < 1.29 is 4.79 Å². The molecule has 1 saturated heterocycles. The molecular weight excluding hydrogens is 402 g/mol. The van der Waals surface area contributed by atoms with Gasteiger partial charge in [0, 0.05) is 31.0 Å². The van der Waals surface area contributed by atoms with E-state index in [1.807, 2.05) is 29.6 Å².